The number of benzene rings is 2. The molecule has 25 heavy (non-hydrogen) atoms. The SMILES string of the molecule is COc1cccc(Nc2nc(C)c(Cc3ccc(Cl)cc3)c(=O)[nH]2)c1. The summed E-state index contributed by atoms with van der Waals surface area (Å²) in [7, 11) is 1.61. The van der Waals surface area contributed by atoms with E-state index in [4.69, 9.17) is 16.3 Å². The van der Waals surface area contributed by atoms with E-state index in [1.807, 2.05) is 55.5 Å². The van der Waals surface area contributed by atoms with Gasteiger partial charge in [0.15, 0.2) is 0 Å². The predicted octanol–water partition coefficient (Wildman–Crippen LogP) is 4.07. The second-order valence-corrected chi connectivity index (χ2v) is 6.08. The summed E-state index contributed by atoms with van der Waals surface area (Å²) < 4.78 is 5.19. The van der Waals surface area contributed by atoms with Gasteiger partial charge in [0.1, 0.15) is 5.75 Å². The van der Waals surface area contributed by atoms with Crippen molar-refractivity contribution in [3.8, 4) is 5.75 Å². The van der Waals surface area contributed by atoms with Gasteiger partial charge in [-0.3, -0.25) is 9.78 Å². The number of hydrogen-bond donors (Lipinski definition) is 2. The Labute approximate surface area is 150 Å². The van der Waals surface area contributed by atoms with Crippen LogP contribution >= 0.6 is 11.6 Å². The van der Waals surface area contributed by atoms with Gasteiger partial charge in [-0.05, 0) is 36.8 Å². The minimum absolute atomic E-state index is 0.159. The molecular weight excluding hydrogens is 338 g/mol. The molecule has 0 spiro atoms. The summed E-state index contributed by atoms with van der Waals surface area (Å²) in [5.74, 6) is 1.12. The summed E-state index contributed by atoms with van der Waals surface area (Å²) in [6, 6.07) is 14.9. The Bertz CT molecular complexity index is 936. The van der Waals surface area contributed by atoms with E-state index in [1.165, 1.54) is 0 Å². The number of nitrogens with zero attached hydrogens (tertiary/aromatic N) is 1. The third-order valence-corrected chi connectivity index (χ3v) is 4.10. The van der Waals surface area contributed by atoms with Crippen LogP contribution in [0.2, 0.25) is 5.02 Å². The van der Waals surface area contributed by atoms with Crippen molar-refractivity contribution in [2.45, 2.75) is 13.3 Å². The molecule has 0 aliphatic rings. The molecule has 0 atom stereocenters. The van der Waals surface area contributed by atoms with E-state index in [2.05, 4.69) is 15.3 Å². The van der Waals surface area contributed by atoms with Gasteiger partial charge in [0, 0.05) is 28.8 Å². The Hall–Kier alpha value is -2.79. The van der Waals surface area contributed by atoms with Crippen LogP contribution in [0, 0.1) is 6.92 Å². The fraction of sp³-hybridized carbons (Fsp3) is 0.158. The smallest absolute Gasteiger partial charge is 0.256 e. The van der Waals surface area contributed by atoms with Gasteiger partial charge < -0.3 is 10.1 Å². The van der Waals surface area contributed by atoms with Crippen molar-refractivity contribution in [1.29, 1.82) is 0 Å². The van der Waals surface area contributed by atoms with Gasteiger partial charge >= 0.3 is 0 Å². The number of aromatic amines is 1. The van der Waals surface area contributed by atoms with E-state index >= 15 is 0 Å². The molecule has 128 valence electrons. The lowest BCUT2D eigenvalue weighted by atomic mass is 10.1. The maximum Gasteiger partial charge on any atom is 0.256 e. The molecule has 1 heterocycles. The molecule has 5 nitrogen and oxygen atoms in total. The van der Waals surface area contributed by atoms with Gasteiger partial charge in [0.2, 0.25) is 5.95 Å². The van der Waals surface area contributed by atoms with Crippen molar-refractivity contribution >= 4 is 23.2 Å². The summed E-state index contributed by atoms with van der Waals surface area (Å²) in [6.07, 6.45) is 0.505. The molecule has 2 aromatic carbocycles. The van der Waals surface area contributed by atoms with Crippen LogP contribution in [0.5, 0.6) is 5.75 Å². The molecule has 3 aromatic rings. The Morgan fingerprint density at radius 1 is 1.20 bits per heavy atom. The van der Waals surface area contributed by atoms with Crippen LogP contribution in [-0.2, 0) is 6.42 Å². The van der Waals surface area contributed by atoms with Crippen molar-refractivity contribution in [2.75, 3.05) is 12.4 Å². The highest BCUT2D eigenvalue weighted by Crippen LogP contribution is 2.20. The van der Waals surface area contributed by atoms with Crippen LogP contribution in [0.1, 0.15) is 16.8 Å². The molecule has 0 aliphatic carbocycles. The van der Waals surface area contributed by atoms with Crippen molar-refractivity contribution in [3.63, 3.8) is 0 Å². The van der Waals surface area contributed by atoms with Crippen LogP contribution in [0.4, 0.5) is 11.6 Å². The third kappa shape index (κ3) is 4.19. The number of hydrogen-bond acceptors (Lipinski definition) is 4. The zero-order valence-electron chi connectivity index (χ0n) is 14.0. The van der Waals surface area contributed by atoms with Crippen molar-refractivity contribution < 1.29 is 4.74 Å². The molecule has 1 aromatic heterocycles. The summed E-state index contributed by atoms with van der Waals surface area (Å²) >= 11 is 5.90. The zero-order chi connectivity index (χ0) is 17.8. The Kier molecular flexibility index (Phi) is 5.05. The molecule has 0 saturated heterocycles. The lowest BCUT2D eigenvalue weighted by Gasteiger charge is -2.10. The minimum Gasteiger partial charge on any atom is -0.497 e. The summed E-state index contributed by atoms with van der Waals surface area (Å²) in [5.41, 5.74) is 2.95. The highest BCUT2D eigenvalue weighted by Gasteiger charge is 2.10. The fourth-order valence-electron chi connectivity index (χ4n) is 2.52. The fourth-order valence-corrected chi connectivity index (χ4v) is 2.65. The lowest BCUT2D eigenvalue weighted by Crippen LogP contribution is -2.18. The van der Waals surface area contributed by atoms with Gasteiger partial charge in [-0.1, -0.05) is 29.8 Å². The predicted molar refractivity (Wildman–Crippen MR) is 100 cm³/mol. The Morgan fingerprint density at radius 3 is 2.64 bits per heavy atom. The van der Waals surface area contributed by atoms with E-state index in [0.29, 0.717) is 28.6 Å². The molecule has 0 bridgehead atoms. The van der Waals surface area contributed by atoms with Gasteiger partial charge in [-0.2, -0.15) is 0 Å². The van der Waals surface area contributed by atoms with E-state index in [1.54, 1.807) is 7.11 Å². The van der Waals surface area contributed by atoms with Gasteiger partial charge in [-0.25, -0.2) is 4.98 Å². The van der Waals surface area contributed by atoms with E-state index in [0.717, 1.165) is 17.0 Å². The molecule has 6 heteroatoms. The highest BCUT2D eigenvalue weighted by atomic mass is 35.5. The average Bonchev–Trinajstić information content (AvgIpc) is 2.60. The monoisotopic (exact) mass is 355 g/mol. The first-order valence-electron chi connectivity index (χ1n) is 7.80. The Morgan fingerprint density at radius 2 is 1.96 bits per heavy atom. The first-order valence-corrected chi connectivity index (χ1v) is 8.18. The summed E-state index contributed by atoms with van der Waals surface area (Å²) in [6.45, 7) is 1.83. The van der Waals surface area contributed by atoms with Crippen molar-refractivity contribution in [2.24, 2.45) is 0 Å². The number of nitrogens with one attached hydrogen (secondary N) is 2. The average molecular weight is 356 g/mol. The number of methoxy groups -OCH3 is 1. The first kappa shape index (κ1) is 17.0. The summed E-state index contributed by atoms with van der Waals surface area (Å²) in [5, 5.41) is 3.77. The molecule has 0 fully saturated rings. The normalized spacial score (nSPS) is 10.5. The summed E-state index contributed by atoms with van der Waals surface area (Å²) in [4.78, 5) is 19.7. The van der Waals surface area contributed by atoms with Gasteiger partial charge in [-0.15, -0.1) is 0 Å². The van der Waals surface area contributed by atoms with Crippen LogP contribution in [0.3, 0.4) is 0 Å². The van der Waals surface area contributed by atoms with Crippen LogP contribution in [0.25, 0.3) is 0 Å². The molecule has 0 radical (unpaired) electrons. The van der Waals surface area contributed by atoms with Crippen molar-refractivity contribution in [1.82, 2.24) is 9.97 Å². The van der Waals surface area contributed by atoms with Crippen LogP contribution in [-0.4, -0.2) is 17.1 Å². The second-order valence-electron chi connectivity index (χ2n) is 5.64. The third-order valence-electron chi connectivity index (χ3n) is 3.85. The minimum atomic E-state index is -0.159. The van der Waals surface area contributed by atoms with E-state index in [9.17, 15) is 4.79 Å². The van der Waals surface area contributed by atoms with Gasteiger partial charge in [0.05, 0.1) is 12.8 Å². The maximum absolute atomic E-state index is 12.5. The number of aromatic nitrogens is 2. The lowest BCUT2D eigenvalue weighted by molar-refractivity contribution is 0.415. The molecule has 0 saturated carbocycles. The van der Waals surface area contributed by atoms with Gasteiger partial charge in [0.25, 0.3) is 5.56 Å². The molecule has 0 aliphatic heterocycles. The largest absolute Gasteiger partial charge is 0.497 e. The topological polar surface area (TPSA) is 67.0 Å². The zero-order valence-corrected chi connectivity index (χ0v) is 14.7. The quantitative estimate of drug-likeness (QED) is 0.723. The molecule has 0 unspecified atom stereocenters. The number of halogens is 1. The molecule has 3 rings (SSSR count). The van der Waals surface area contributed by atoms with Crippen molar-refractivity contribution in [3.05, 3.63) is 80.7 Å². The van der Waals surface area contributed by atoms with E-state index < -0.39 is 0 Å². The molecule has 0 amide bonds. The Balaban J connectivity index is 1.84. The number of anilines is 2. The van der Waals surface area contributed by atoms with E-state index in [-0.39, 0.29) is 5.56 Å². The first-order chi connectivity index (χ1) is 12.0. The number of rotatable bonds is 5. The number of H-pyrrole nitrogens is 1. The molecule has 2 N–H and O–H groups in total. The van der Waals surface area contributed by atoms with Crippen LogP contribution in [0.15, 0.2) is 53.3 Å². The van der Waals surface area contributed by atoms with Crippen LogP contribution < -0.4 is 15.6 Å². The molecular formula is C19H18ClN3O2. The standard InChI is InChI=1S/C19H18ClN3O2/c1-12-17(10-13-6-8-14(20)9-7-13)18(24)23-19(21-12)22-15-4-3-5-16(11-15)25-2/h3-9,11H,10H2,1-2H3,(H2,21,22,23,24). The highest BCUT2D eigenvalue weighted by molar-refractivity contribution is 6.30. The number of ether oxygens (including phenoxy) is 1. The second kappa shape index (κ2) is 7.40. The number of aryl methyl sites for hydroxylation is 1. The maximum atomic E-state index is 12.5.